The van der Waals surface area contributed by atoms with Crippen LogP contribution in [-0.4, -0.2) is 140 Å². The molecule has 1 heterocycles. The standard InChI is InChI=1S/C43H62N6O21/c1-29(2)35(53)65-22-19-62-32(50)25-68-38(56)44-15-11-7-9-13-17-47-41(59)48(18-14-10-8-12-16-45-39(57)69-26-33(51)63-20-23-66-36(54)30(3)4)43(61)49(42(47)60)28-46-40(58)70-27-34(52)64-21-24-67-37(55)31(5)6/h1,3,5,7-28H2,2,4,6H3,(H,44,56)(H,45,57)(H,46,58). The molecule has 0 aliphatic rings. The number of unbranched alkanes of at least 4 members (excludes halogenated alkanes) is 6. The summed E-state index contributed by atoms with van der Waals surface area (Å²) in [5.74, 6) is -4.70. The first-order chi connectivity index (χ1) is 33.2. The van der Waals surface area contributed by atoms with E-state index < -0.39 is 97.7 Å². The first kappa shape index (κ1) is 60.3. The van der Waals surface area contributed by atoms with Crippen LogP contribution in [0.4, 0.5) is 14.4 Å². The van der Waals surface area contributed by atoms with Gasteiger partial charge in [-0.15, -0.1) is 0 Å². The fourth-order valence-corrected chi connectivity index (χ4v) is 5.11. The number of alkyl carbamates (subject to hydrolysis) is 3. The Morgan fingerprint density at radius 1 is 0.386 bits per heavy atom. The molecule has 0 bridgehead atoms. The Balaban J connectivity index is 2.73. The molecule has 0 atom stereocenters. The Morgan fingerprint density at radius 3 is 1.00 bits per heavy atom. The lowest BCUT2D eigenvalue weighted by molar-refractivity contribution is -0.152. The Labute approximate surface area is 401 Å². The van der Waals surface area contributed by atoms with Gasteiger partial charge in [-0.2, -0.15) is 0 Å². The summed E-state index contributed by atoms with van der Waals surface area (Å²) in [6, 6.07) is 0. The number of rotatable bonds is 34. The van der Waals surface area contributed by atoms with Gasteiger partial charge < -0.3 is 58.6 Å². The normalized spacial score (nSPS) is 10.3. The van der Waals surface area contributed by atoms with Gasteiger partial charge in [-0.1, -0.05) is 45.4 Å². The van der Waals surface area contributed by atoms with Crippen LogP contribution in [0, 0.1) is 0 Å². The maximum absolute atomic E-state index is 13.5. The maximum atomic E-state index is 13.5. The average Bonchev–Trinajstić information content (AvgIpc) is 3.31. The van der Waals surface area contributed by atoms with Crippen molar-refractivity contribution in [2.24, 2.45) is 0 Å². The maximum Gasteiger partial charge on any atom is 0.409 e. The smallest absolute Gasteiger partial charge is 0.409 e. The van der Waals surface area contributed by atoms with E-state index in [0.717, 1.165) is 9.13 Å². The minimum atomic E-state index is -1.21. The number of hydrogen-bond acceptors (Lipinski definition) is 21. The molecule has 0 radical (unpaired) electrons. The zero-order valence-corrected chi connectivity index (χ0v) is 39.6. The molecule has 27 heteroatoms. The molecular formula is C43H62N6O21. The van der Waals surface area contributed by atoms with Crippen molar-refractivity contribution in [1.82, 2.24) is 29.7 Å². The van der Waals surface area contributed by atoms with Crippen LogP contribution >= 0.6 is 0 Å². The molecule has 0 fully saturated rings. The lowest BCUT2D eigenvalue weighted by Crippen LogP contribution is -2.56. The summed E-state index contributed by atoms with van der Waals surface area (Å²) in [6.45, 7) is 10.1. The number of hydrogen-bond donors (Lipinski definition) is 3. The van der Waals surface area contributed by atoms with Crippen LogP contribution in [0.1, 0.15) is 72.1 Å². The summed E-state index contributed by atoms with van der Waals surface area (Å²) in [5, 5.41) is 7.10. The average molecular weight is 999 g/mol. The van der Waals surface area contributed by atoms with E-state index in [1.807, 2.05) is 0 Å². The van der Waals surface area contributed by atoms with Crippen molar-refractivity contribution in [2.45, 2.75) is 91.9 Å². The van der Waals surface area contributed by atoms with Gasteiger partial charge in [0.2, 0.25) is 0 Å². The molecular weight excluding hydrogens is 936 g/mol. The van der Waals surface area contributed by atoms with Gasteiger partial charge in [0.15, 0.2) is 19.8 Å². The van der Waals surface area contributed by atoms with Gasteiger partial charge in [0.05, 0.1) is 0 Å². The predicted octanol–water partition coefficient (Wildman–Crippen LogP) is 0.416. The van der Waals surface area contributed by atoms with Crippen LogP contribution in [0.5, 0.6) is 0 Å². The minimum absolute atomic E-state index is 0.135. The molecule has 0 aliphatic heterocycles. The Bertz CT molecular complexity index is 2080. The number of aromatic nitrogens is 3. The van der Waals surface area contributed by atoms with Crippen molar-refractivity contribution in [2.75, 3.05) is 72.6 Å². The highest BCUT2D eigenvalue weighted by Gasteiger charge is 2.18. The van der Waals surface area contributed by atoms with Crippen molar-refractivity contribution in [3.05, 3.63) is 67.9 Å². The van der Waals surface area contributed by atoms with Gasteiger partial charge in [-0.3, -0.25) is 0 Å². The van der Waals surface area contributed by atoms with Crippen molar-refractivity contribution in [3.8, 4) is 0 Å². The quantitative estimate of drug-likeness (QED) is 0.0364. The molecule has 1 aromatic rings. The molecule has 70 heavy (non-hydrogen) atoms. The van der Waals surface area contributed by atoms with E-state index in [-0.39, 0.29) is 95.4 Å². The van der Waals surface area contributed by atoms with Gasteiger partial charge in [-0.25, -0.2) is 71.2 Å². The molecule has 1 aromatic heterocycles. The molecule has 3 N–H and O–H groups in total. The van der Waals surface area contributed by atoms with Crippen molar-refractivity contribution in [3.63, 3.8) is 0 Å². The molecule has 0 saturated carbocycles. The third-order valence-electron chi connectivity index (χ3n) is 8.67. The number of carbonyl (C=O) groups is 9. The predicted molar refractivity (Wildman–Crippen MR) is 240 cm³/mol. The molecule has 3 amide bonds. The van der Waals surface area contributed by atoms with E-state index in [0.29, 0.717) is 43.1 Å². The fourth-order valence-electron chi connectivity index (χ4n) is 5.11. The van der Waals surface area contributed by atoms with Crippen LogP contribution in [0.3, 0.4) is 0 Å². The summed E-state index contributed by atoms with van der Waals surface area (Å²) in [5.41, 5.74) is -2.49. The number of nitrogens with zero attached hydrogens (tertiary/aromatic N) is 3. The molecule has 0 unspecified atom stereocenters. The molecule has 27 nitrogen and oxygen atoms in total. The Morgan fingerprint density at radius 2 is 0.671 bits per heavy atom. The highest BCUT2D eigenvalue weighted by atomic mass is 16.6. The Kier molecular flexibility index (Phi) is 29.7. The number of esters is 6. The minimum Gasteiger partial charge on any atom is -0.460 e. The van der Waals surface area contributed by atoms with Gasteiger partial charge in [0.1, 0.15) is 46.3 Å². The third-order valence-corrected chi connectivity index (χ3v) is 8.67. The van der Waals surface area contributed by atoms with E-state index >= 15 is 0 Å². The summed E-state index contributed by atoms with van der Waals surface area (Å²) in [4.78, 5) is 146. The number of nitrogens with one attached hydrogen (secondary N) is 3. The summed E-state index contributed by atoms with van der Waals surface area (Å²) in [6.07, 6.45) is 0.397. The van der Waals surface area contributed by atoms with Crippen LogP contribution in [-0.2, 0) is 91.2 Å². The molecule has 390 valence electrons. The second-order valence-corrected chi connectivity index (χ2v) is 14.7. The van der Waals surface area contributed by atoms with Crippen molar-refractivity contribution < 1.29 is 85.8 Å². The highest BCUT2D eigenvalue weighted by molar-refractivity contribution is 5.87. The first-order valence-electron chi connectivity index (χ1n) is 21.9. The molecule has 0 spiro atoms. The zero-order valence-electron chi connectivity index (χ0n) is 39.6. The molecule has 0 aromatic carbocycles. The second-order valence-electron chi connectivity index (χ2n) is 14.7. The fraction of sp³-hybridized carbons (Fsp3) is 0.581. The Hall–Kier alpha value is -7.74. The lowest BCUT2D eigenvalue weighted by Gasteiger charge is -2.15. The van der Waals surface area contributed by atoms with E-state index in [4.69, 9.17) is 42.6 Å². The van der Waals surface area contributed by atoms with E-state index in [9.17, 15) is 57.5 Å². The second kappa shape index (κ2) is 34.5. The first-order valence-corrected chi connectivity index (χ1v) is 21.9. The topological polar surface area (TPSA) is 339 Å². The SMILES string of the molecule is C=C(C)C(=O)OCCOC(=O)COC(=O)NCCCCCCn1c(=O)n(CCCCCCNC(=O)OCC(=O)OCCOC(=O)C(=C)C)c(=O)n(CNC(=O)OCC(=O)OCCOC(=O)C(=C)C)c1=O. The molecule has 0 aliphatic carbocycles. The molecule has 1 rings (SSSR count). The van der Waals surface area contributed by atoms with Gasteiger partial charge in [0, 0.05) is 42.9 Å². The van der Waals surface area contributed by atoms with Crippen LogP contribution < -0.4 is 33.0 Å². The lowest BCUT2D eigenvalue weighted by atomic mass is 10.2. The van der Waals surface area contributed by atoms with Gasteiger partial charge in [0.25, 0.3) is 0 Å². The van der Waals surface area contributed by atoms with Crippen molar-refractivity contribution >= 4 is 54.1 Å². The zero-order chi connectivity index (χ0) is 52.4. The van der Waals surface area contributed by atoms with Crippen LogP contribution in [0.25, 0.3) is 0 Å². The van der Waals surface area contributed by atoms with Crippen molar-refractivity contribution in [1.29, 1.82) is 0 Å². The van der Waals surface area contributed by atoms with E-state index in [1.54, 1.807) is 0 Å². The summed E-state index contributed by atoms with van der Waals surface area (Å²) < 4.78 is 45.4. The number of ether oxygens (including phenoxy) is 9. The third kappa shape index (κ3) is 26.6. The number of carbonyl (C=O) groups excluding carboxylic acids is 9. The van der Waals surface area contributed by atoms with E-state index in [1.165, 1.54) is 20.8 Å². The van der Waals surface area contributed by atoms with Crippen LogP contribution in [0.15, 0.2) is 50.8 Å². The molecule has 0 saturated heterocycles. The monoisotopic (exact) mass is 998 g/mol. The highest BCUT2D eigenvalue weighted by Crippen LogP contribution is 2.03. The van der Waals surface area contributed by atoms with Gasteiger partial charge in [-0.05, 0) is 46.5 Å². The summed E-state index contributed by atoms with van der Waals surface area (Å²) in [7, 11) is 0. The van der Waals surface area contributed by atoms with Gasteiger partial charge >= 0.3 is 71.2 Å². The van der Waals surface area contributed by atoms with Crippen LogP contribution in [0.2, 0.25) is 0 Å². The number of amides is 3. The summed E-state index contributed by atoms with van der Waals surface area (Å²) >= 11 is 0. The largest absolute Gasteiger partial charge is 0.460 e. The van der Waals surface area contributed by atoms with E-state index in [2.05, 4.69) is 35.7 Å².